The number of nitrogens with one attached hydrogen (secondary N) is 1. The fourth-order valence-corrected chi connectivity index (χ4v) is 2.48. The molecule has 0 aliphatic heterocycles. The molecule has 0 bridgehead atoms. The van der Waals surface area contributed by atoms with E-state index >= 15 is 0 Å². The Morgan fingerprint density at radius 3 is 2.48 bits per heavy atom. The van der Waals surface area contributed by atoms with E-state index in [2.05, 4.69) is 53.3 Å². The number of hydrogen-bond acceptors (Lipinski definition) is 2. The van der Waals surface area contributed by atoms with Gasteiger partial charge in [-0.15, -0.1) is 0 Å². The van der Waals surface area contributed by atoms with Gasteiger partial charge in [0.05, 0.1) is 6.26 Å². The molecule has 0 aliphatic rings. The highest BCUT2D eigenvalue weighted by atomic mass is 16.3. The molecule has 0 saturated heterocycles. The van der Waals surface area contributed by atoms with E-state index in [9.17, 15) is 0 Å². The van der Waals surface area contributed by atoms with Crippen molar-refractivity contribution in [3.63, 3.8) is 0 Å². The summed E-state index contributed by atoms with van der Waals surface area (Å²) in [6, 6.07) is 18.8. The summed E-state index contributed by atoms with van der Waals surface area (Å²) in [5, 5.41) is 3.49. The molecule has 2 heterocycles. The summed E-state index contributed by atoms with van der Waals surface area (Å²) in [4.78, 5) is 0. The maximum Gasteiger partial charge on any atom is 0.109 e. The van der Waals surface area contributed by atoms with Crippen LogP contribution in [0.3, 0.4) is 0 Å². The molecule has 0 fully saturated rings. The maximum atomic E-state index is 5.41. The lowest BCUT2D eigenvalue weighted by atomic mass is 10.2. The smallest absolute Gasteiger partial charge is 0.109 e. The van der Waals surface area contributed by atoms with Crippen molar-refractivity contribution in [3.05, 3.63) is 83.6 Å². The topological polar surface area (TPSA) is 30.1 Å². The number of nitrogens with zero attached hydrogens (tertiary/aromatic N) is 1. The fourth-order valence-electron chi connectivity index (χ4n) is 2.48. The third kappa shape index (κ3) is 3.44. The molecule has 0 unspecified atom stereocenters. The summed E-state index contributed by atoms with van der Waals surface area (Å²) in [7, 11) is 2.11. The third-order valence-corrected chi connectivity index (χ3v) is 3.74. The average molecular weight is 280 g/mol. The van der Waals surface area contributed by atoms with Crippen LogP contribution in [0.1, 0.15) is 22.7 Å². The highest BCUT2D eigenvalue weighted by molar-refractivity contribution is 5.21. The van der Waals surface area contributed by atoms with Crippen LogP contribution >= 0.6 is 0 Å². The van der Waals surface area contributed by atoms with Gasteiger partial charge in [0.25, 0.3) is 0 Å². The standard InChI is InChI=1S/C18H20N2O/c1-20-16(12-18-8-5-11-21-18)9-10-17(20)14-19-13-15-6-3-2-4-7-15/h2-11,19H,12-14H2,1H3. The lowest BCUT2D eigenvalue weighted by Crippen LogP contribution is -2.15. The summed E-state index contributed by atoms with van der Waals surface area (Å²) >= 11 is 0. The summed E-state index contributed by atoms with van der Waals surface area (Å²) < 4.78 is 7.65. The monoisotopic (exact) mass is 280 g/mol. The second kappa shape index (κ2) is 6.46. The first-order chi connectivity index (χ1) is 10.3. The summed E-state index contributed by atoms with van der Waals surface area (Å²) in [5.74, 6) is 1.000. The van der Waals surface area contributed by atoms with Crippen molar-refractivity contribution in [2.24, 2.45) is 7.05 Å². The minimum Gasteiger partial charge on any atom is -0.469 e. The number of aromatic nitrogens is 1. The van der Waals surface area contributed by atoms with E-state index in [1.54, 1.807) is 6.26 Å². The first kappa shape index (κ1) is 13.7. The maximum absolute atomic E-state index is 5.41. The van der Waals surface area contributed by atoms with Gasteiger partial charge in [-0.25, -0.2) is 0 Å². The van der Waals surface area contributed by atoms with Gasteiger partial charge >= 0.3 is 0 Å². The lowest BCUT2D eigenvalue weighted by molar-refractivity contribution is 0.515. The molecule has 1 N–H and O–H groups in total. The molecule has 3 heteroatoms. The van der Waals surface area contributed by atoms with E-state index in [4.69, 9.17) is 4.42 Å². The van der Waals surface area contributed by atoms with Gasteiger partial charge < -0.3 is 14.3 Å². The van der Waals surface area contributed by atoms with E-state index in [1.165, 1.54) is 17.0 Å². The van der Waals surface area contributed by atoms with Crippen LogP contribution in [-0.2, 0) is 26.6 Å². The molecule has 2 aromatic heterocycles. The van der Waals surface area contributed by atoms with Crippen LogP contribution < -0.4 is 5.32 Å². The molecule has 0 radical (unpaired) electrons. The molecule has 0 amide bonds. The van der Waals surface area contributed by atoms with Crippen LogP contribution in [0.5, 0.6) is 0 Å². The van der Waals surface area contributed by atoms with Gasteiger partial charge in [0.1, 0.15) is 5.76 Å². The average Bonchev–Trinajstić information content (AvgIpc) is 3.13. The van der Waals surface area contributed by atoms with Crippen molar-refractivity contribution in [2.75, 3.05) is 0 Å². The summed E-state index contributed by atoms with van der Waals surface area (Å²) in [6.07, 6.45) is 2.56. The predicted octanol–water partition coefficient (Wildman–Crippen LogP) is 3.50. The van der Waals surface area contributed by atoms with Crippen LogP contribution in [0.4, 0.5) is 0 Å². The predicted molar refractivity (Wildman–Crippen MR) is 83.9 cm³/mol. The molecular formula is C18H20N2O. The lowest BCUT2D eigenvalue weighted by Gasteiger charge is -2.08. The molecule has 3 aromatic rings. The minimum absolute atomic E-state index is 0.836. The van der Waals surface area contributed by atoms with Gasteiger partial charge in [-0.2, -0.15) is 0 Å². The van der Waals surface area contributed by atoms with Crippen LogP contribution in [0.2, 0.25) is 0 Å². The van der Waals surface area contributed by atoms with Crippen molar-refractivity contribution in [1.29, 1.82) is 0 Å². The number of rotatable bonds is 6. The molecule has 21 heavy (non-hydrogen) atoms. The van der Waals surface area contributed by atoms with Gasteiger partial charge in [0.2, 0.25) is 0 Å². The van der Waals surface area contributed by atoms with Crippen molar-refractivity contribution in [1.82, 2.24) is 9.88 Å². The zero-order valence-corrected chi connectivity index (χ0v) is 12.3. The molecule has 3 nitrogen and oxygen atoms in total. The quantitative estimate of drug-likeness (QED) is 0.749. The Morgan fingerprint density at radius 1 is 0.905 bits per heavy atom. The summed E-state index contributed by atoms with van der Waals surface area (Å²) in [6.45, 7) is 1.75. The number of furan rings is 1. The van der Waals surface area contributed by atoms with Crippen LogP contribution in [0.25, 0.3) is 0 Å². The van der Waals surface area contributed by atoms with E-state index in [0.717, 1.165) is 25.3 Å². The number of hydrogen-bond donors (Lipinski definition) is 1. The van der Waals surface area contributed by atoms with Gasteiger partial charge in [-0.1, -0.05) is 30.3 Å². The fraction of sp³-hybridized carbons (Fsp3) is 0.222. The highest BCUT2D eigenvalue weighted by Gasteiger charge is 2.06. The zero-order chi connectivity index (χ0) is 14.5. The number of benzene rings is 1. The van der Waals surface area contributed by atoms with E-state index in [1.807, 2.05) is 18.2 Å². The second-order valence-corrected chi connectivity index (χ2v) is 5.22. The Kier molecular flexibility index (Phi) is 4.22. The zero-order valence-electron chi connectivity index (χ0n) is 12.3. The highest BCUT2D eigenvalue weighted by Crippen LogP contribution is 2.13. The largest absolute Gasteiger partial charge is 0.469 e. The SMILES string of the molecule is Cn1c(CNCc2ccccc2)ccc1Cc1ccco1. The second-order valence-electron chi connectivity index (χ2n) is 5.22. The van der Waals surface area contributed by atoms with Crippen molar-refractivity contribution in [3.8, 4) is 0 Å². The Bertz CT molecular complexity index is 669. The summed E-state index contributed by atoms with van der Waals surface area (Å²) in [5.41, 5.74) is 3.86. The Balaban J connectivity index is 1.58. The molecule has 0 spiro atoms. The molecule has 1 aromatic carbocycles. The van der Waals surface area contributed by atoms with Crippen molar-refractivity contribution < 1.29 is 4.42 Å². The van der Waals surface area contributed by atoms with Crippen LogP contribution in [0.15, 0.2) is 65.3 Å². The van der Waals surface area contributed by atoms with Gasteiger partial charge in [-0.3, -0.25) is 0 Å². The molecular weight excluding hydrogens is 260 g/mol. The Morgan fingerprint density at radius 2 is 1.71 bits per heavy atom. The Labute approximate surface area is 125 Å². The van der Waals surface area contributed by atoms with Gasteiger partial charge in [0, 0.05) is 37.9 Å². The first-order valence-corrected chi connectivity index (χ1v) is 7.23. The first-order valence-electron chi connectivity index (χ1n) is 7.23. The van der Waals surface area contributed by atoms with Gasteiger partial charge in [-0.05, 0) is 29.8 Å². The molecule has 3 rings (SSSR count). The van der Waals surface area contributed by atoms with Gasteiger partial charge in [0.15, 0.2) is 0 Å². The van der Waals surface area contributed by atoms with E-state index < -0.39 is 0 Å². The van der Waals surface area contributed by atoms with Crippen LogP contribution in [0, 0.1) is 0 Å². The third-order valence-electron chi connectivity index (χ3n) is 3.74. The van der Waals surface area contributed by atoms with Crippen molar-refractivity contribution in [2.45, 2.75) is 19.5 Å². The minimum atomic E-state index is 0.836. The molecule has 0 aliphatic carbocycles. The van der Waals surface area contributed by atoms with Crippen molar-refractivity contribution >= 4 is 0 Å². The molecule has 0 atom stereocenters. The molecule has 108 valence electrons. The normalized spacial score (nSPS) is 10.9. The molecule has 0 saturated carbocycles. The van der Waals surface area contributed by atoms with Crippen LogP contribution in [-0.4, -0.2) is 4.57 Å². The van der Waals surface area contributed by atoms with E-state index in [0.29, 0.717) is 0 Å². The van der Waals surface area contributed by atoms with E-state index in [-0.39, 0.29) is 0 Å². The Hall–Kier alpha value is -2.26.